The van der Waals surface area contributed by atoms with Gasteiger partial charge in [-0.2, -0.15) is 0 Å². The summed E-state index contributed by atoms with van der Waals surface area (Å²) in [5.74, 6) is -0.110. The van der Waals surface area contributed by atoms with Crippen molar-refractivity contribution in [3.8, 4) is 5.75 Å². The highest BCUT2D eigenvalue weighted by Crippen LogP contribution is 2.31. The molecule has 1 aliphatic rings. The van der Waals surface area contributed by atoms with Crippen molar-refractivity contribution in [2.45, 2.75) is 19.3 Å². The summed E-state index contributed by atoms with van der Waals surface area (Å²) >= 11 is 1.81. The first kappa shape index (κ1) is 23.1. The molecule has 1 aliphatic heterocycles. The van der Waals surface area contributed by atoms with Gasteiger partial charge in [0.15, 0.2) is 0 Å². The topological polar surface area (TPSA) is 79.0 Å². The van der Waals surface area contributed by atoms with Gasteiger partial charge in [-0.15, -0.1) is 11.3 Å². The van der Waals surface area contributed by atoms with Gasteiger partial charge in [0.2, 0.25) is 0 Å². The minimum absolute atomic E-state index is 0.0164. The number of aliphatic carboxylic acids is 1. The summed E-state index contributed by atoms with van der Waals surface area (Å²) in [5, 5.41) is 12.3. The number of anilines is 2. The molecule has 174 valence electrons. The van der Waals surface area contributed by atoms with Gasteiger partial charge in [-0.25, -0.2) is 0 Å². The number of nitrogens with zero attached hydrogens (tertiary/aromatic N) is 2. The van der Waals surface area contributed by atoms with E-state index in [-0.39, 0.29) is 6.42 Å². The number of hydrogen-bond donors (Lipinski definition) is 2. The first-order valence-corrected chi connectivity index (χ1v) is 12.3. The van der Waals surface area contributed by atoms with Crippen LogP contribution in [-0.2, 0) is 4.79 Å². The second-order valence-corrected chi connectivity index (χ2v) is 9.23. The summed E-state index contributed by atoms with van der Waals surface area (Å²) < 4.78 is 7.22. The van der Waals surface area contributed by atoms with E-state index in [1.807, 2.05) is 23.5 Å². The molecule has 7 heteroatoms. The Bertz CT molecular complexity index is 1100. The van der Waals surface area contributed by atoms with Crippen LogP contribution in [0.15, 0.2) is 53.9 Å². The minimum Gasteiger partial charge on any atom is -0.494 e. The van der Waals surface area contributed by atoms with Gasteiger partial charge < -0.3 is 20.5 Å². The van der Waals surface area contributed by atoms with E-state index in [9.17, 15) is 4.79 Å². The molecule has 2 aromatic carbocycles. The average Bonchev–Trinajstić information content (AvgIpc) is 3.30. The predicted molar refractivity (Wildman–Crippen MR) is 137 cm³/mol. The number of unbranched alkanes of at least 4 members (excludes halogenated alkanes) is 1. The second-order valence-electron chi connectivity index (χ2n) is 8.28. The molecule has 0 amide bonds. The van der Waals surface area contributed by atoms with E-state index >= 15 is 0 Å². The van der Waals surface area contributed by atoms with E-state index in [1.165, 1.54) is 15.8 Å². The normalized spacial score (nSPS) is 14.8. The molecule has 0 saturated carbocycles. The molecule has 1 fully saturated rings. The third kappa shape index (κ3) is 6.27. The molecule has 3 aromatic rings. The van der Waals surface area contributed by atoms with Crippen LogP contribution in [-0.4, -0.2) is 55.3 Å². The van der Waals surface area contributed by atoms with Crippen molar-refractivity contribution in [2.24, 2.45) is 0 Å². The lowest BCUT2D eigenvalue weighted by Crippen LogP contribution is -2.46. The number of piperazine rings is 1. The number of benzene rings is 2. The van der Waals surface area contributed by atoms with Crippen LogP contribution >= 0.6 is 11.3 Å². The molecule has 1 aromatic heterocycles. The maximum atomic E-state index is 10.6. The summed E-state index contributed by atoms with van der Waals surface area (Å²) in [6, 6.07) is 14.4. The Morgan fingerprint density at radius 3 is 2.76 bits per heavy atom. The largest absolute Gasteiger partial charge is 0.494 e. The fraction of sp³-hybridized carbons (Fsp3) is 0.346. The summed E-state index contributed by atoms with van der Waals surface area (Å²) in [5.41, 5.74) is 8.81. The number of carbonyl (C=O) groups is 1. The Morgan fingerprint density at radius 1 is 1.12 bits per heavy atom. The Hall–Kier alpha value is -3.03. The molecule has 0 bridgehead atoms. The Labute approximate surface area is 198 Å². The molecule has 0 spiro atoms. The van der Waals surface area contributed by atoms with Crippen LogP contribution in [0.1, 0.15) is 24.8 Å². The number of hydrogen-bond acceptors (Lipinski definition) is 6. The zero-order chi connectivity index (χ0) is 23.0. The lowest BCUT2D eigenvalue weighted by Gasteiger charge is -2.36. The van der Waals surface area contributed by atoms with E-state index in [0.717, 1.165) is 56.9 Å². The number of nitrogens with two attached hydrogens (primary N) is 1. The van der Waals surface area contributed by atoms with Gasteiger partial charge in [0, 0.05) is 53.7 Å². The Kier molecular flexibility index (Phi) is 7.86. The lowest BCUT2D eigenvalue weighted by atomic mass is 10.1. The number of thiophene rings is 1. The quantitative estimate of drug-likeness (QED) is 0.326. The van der Waals surface area contributed by atoms with Crippen molar-refractivity contribution < 1.29 is 14.6 Å². The fourth-order valence-electron chi connectivity index (χ4n) is 4.17. The van der Waals surface area contributed by atoms with Gasteiger partial charge in [0.25, 0.3) is 0 Å². The molecule has 3 N–H and O–H groups in total. The standard InChI is InChI=1S/C26H31N3O3S/c27-23-19-21(10-9-20(23)5-3-8-26(30)31)32-17-2-1-12-28-13-15-29(16-14-28)24-6-4-7-25-22(24)11-18-33-25/h3-7,9-11,18-19H,1-2,8,12-17,27H2,(H,30,31)/b5-3+. The van der Waals surface area contributed by atoms with Crippen molar-refractivity contribution in [1.29, 1.82) is 0 Å². The summed E-state index contributed by atoms with van der Waals surface area (Å²) in [4.78, 5) is 15.7. The minimum atomic E-state index is -0.859. The van der Waals surface area contributed by atoms with Crippen LogP contribution in [0.5, 0.6) is 5.75 Å². The molecule has 6 nitrogen and oxygen atoms in total. The first-order valence-electron chi connectivity index (χ1n) is 11.4. The van der Waals surface area contributed by atoms with Gasteiger partial charge in [0.1, 0.15) is 5.75 Å². The predicted octanol–water partition coefficient (Wildman–Crippen LogP) is 4.95. The highest BCUT2D eigenvalue weighted by molar-refractivity contribution is 7.17. The first-order chi connectivity index (χ1) is 16.1. The smallest absolute Gasteiger partial charge is 0.307 e. The second kappa shape index (κ2) is 11.2. The number of carboxylic acids is 1. The fourth-order valence-corrected chi connectivity index (χ4v) is 4.98. The van der Waals surface area contributed by atoms with E-state index in [0.29, 0.717) is 12.3 Å². The van der Waals surface area contributed by atoms with Gasteiger partial charge in [-0.3, -0.25) is 9.69 Å². The van der Waals surface area contributed by atoms with Crippen LogP contribution in [0.25, 0.3) is 16.2 Å². The van der Waals surface area contributed by atoms with Gasteiger partial charge in [-0.1, -0.05) is 18.2 Å². The maximum Gasteiger partial charge on any atom is 0.307 e. The molecular formula is C26H31N3O3S. The Balaban J connectivity index is 1.15. The van der Waals surface area contributed by atoms with Crippen molar-refractivity contribution in [3.63, 3.8) is 0 Å². The van der Waals surface area contributed by atoms with Crippen molar-refractivity contribution in [2.75, 3.05) is 50.0 Å². The van der Waals surface area contributed by atoms with Crippen molar-refractivity contribution in [1.82, 2.24) is 4.90 Å². The molecule has 0 radical (unpaired) electrons. The van der Waals surface area contributed by atoms with Gasteiger partial charge in [-0.05, 0) is 60.7 Å². The Morgan fingerprint density at radius 2 is 1.97 bits per heavy atom. The number of rotatable bonds is 10. The molecule has 1 saturated heterocycles. The monoisotopic (exact) mass is 465 g/mol. The van der Waals surface area contributed by atoms with E-state index in [1.54, 1.807) is 18.2 Å². The zero-order valence-electron chi connectivity index (χ0n) is 18.8. The summed E-state index contributed by atoms with van der Waals surface area (Å²) in [7, 11) is 0. The van der Waals surface area contributed by atoms with Crippen LogP contribution in [0.2, 0.25) is 0 Å². The number of nitrogen functional groups attached to an aromatic ring is 1. The van der Waals surface area contributed by atoms with E-state index in [4.69, 9.17) is 15.6 Å². The molecule has 0 aliphatic carbocycles. The third-order valence-electron chi connectivity index (χ3n) is 5.97. The molecule has 0 atom stereocenters. The van der Waals surface area contributed by atoms with Crippen LogP contribution < -0.4 is 15.4 Å². The molecule has 4 rings (SSSR count). The van der Waals surface area contributed by atoms with Crippen LogP contribution in [0, 0.1) is 0 Å². The number of ether oxygens (including phenoxy) is 1. The highest BCUT2D eigenvalue weighted by atomic mass is 32.1. The van der Waals surface area contributed by atoms with Gasteiger partial charge in [0.05, 0.1) is 13.0 Å². The summed E-state index contributed by atoms with van der Waals surface area (Å²) in [6.45, 7) is 6.07. The third-order valence-corrected chi connectivity index (χ3v) is 6.85. The molecule has 2 heterocycles. The molecular weight excluding hydrogens is 434 g/mol. The number of fused-ring (bicyclic) bond motifs is 1. The van der Waals surface area contributed by atoms with Crippen LogP contribution in [0.4, 0.5) is 11.4 Å². The van der Waals surface area contributed by atoms with Gasteiger partial charge >= 0.3 is 5.97 Å². The molecule has 33 heavy (non-hydrogen) atoms. The molecule has 0 unspecified atom stereocenters. The average molecular weight is 466 g/mol. The SMILES string of the molecule is Nc1cc(OCCCCN2CCN(c3cccc4sccc34)CC2)ccc1/C=C/CC(=O)O. The lowest BCUT2D eigenvalue weighted by molar-refractivity contribution is -0.135. The van der Waals surface area contributed by atoms with Crippen molar-refractivity contribution >= 4 is 44.8 Å². The highest BCUT2D eigenvalue weighted by Gasteiger charge is 2.18. The zero-order valence-corrected chi connectivity index (χ0v) is 19.6. The van der Waals surface area contributed by atoms with Crippen molar-refractivity contribution in [3.05, 3.63) is 59.5 Å². The number of carboxylic acid groups (broad SMARTS) is 1. The van der Waals surface area contributed by atoms with E-state index < -0.39 is 5.97 Å². The van der Waals surface area contributed by atoms with Crippen LogP contribution in [0.3, 0.4) is 0 Å². The summed E-state index contributed by atoms with van der Waals surface area (Å²) in [6.07, 6.45) is 5.41. The maximum absolute atomic E-state index is 10.6. The van der Waals surface area contributed by atoms with E-state index in [2.05, 4.69) is 39.4 Å².